The van der Waals surface area contributed by atoms with E-state index in [9.17, 15) is 9.59 Å². The Morgan fingerprint density at radius 2 is 2.00 bits per heavy atom. The molecule has 0 aliphatic heterocycles. The number of carbonyl (C=O) groups excluding carboxylic acids is 2. The summed E-state index contributed by atoms with van der Waals surface area (Å²) in [6.07, 6.45) is 0. The number of thioether (sulfide) groups is 1. The van der Waals surface area contributed by atoms with Gasteiger partial charge in [-0.05, 0) is 34.7 Å². The molecule has 0 bridgehead atoms. The standard InChI is InChI=1S/C11H11ClN6O2S/c1-7(19)13-14-10(20)6-21-11-15-16-17-18(11)9-4-2-8(12)3-5-9/h2-5H,6H2,1H3,(H,13,19)(H,14,20). The molecule has 1 aromatic carbocycles. The Morgan fingerprint density at radius 3 is 2.67 bits per heavy atom. The molecule has 0 aliphatic carbocycles. The molecular formula is C11H11ClN6O2S. The Balaban J connectivity index is 1.99. The molecule has 2 amide bonds. The number of benzene rings is 1. The van der Waals surface area contributed by atoms with Gasteiger partial charge in [0.15, 0.2) is 0 Å². The smallest absolute Gasteiger partial charge is 0.248 e. The van der Waals surface area contributed by atoms with Crippen LogP contribution in [0.3, 0.4) is 0 Å². The van der Waals surface area contributed by atoms with Crippen molar-refractivity contribution in [2.45, 2.75) is 12.1 Å². The van der Waals surface area contributed by atoms with Crippen molar-refractivity contribution in [3.63, 3.8) is 0 Å². The van der Waals surface area contributed by atoms with Gasteiger partial charge in [0, 0.05) is 11.9 Å². The fourth-order valence-corrected chi connectivity index (χ4v) is 2.15. The highest BCUT2D eigenvalue weighted by Crippen LogP contribution is 2.19. The maximum atomic E-state index is 11.5. The molecular weight excluding hydrogens is 316 g/mol. The summed E-state index contributed by atoms with van der Waals surface area (Å²) in [6, 6.07) is 6.97. The van der Waals surface area contributed by atoms with Crippen LogP contribution >= 0.6 is 23.4 Å². The first-order chi connectivity index (χ1) is 10.1. The zero-order chi connectivity index (χ0) is 15.2. The molecule has 2 N–H and O–H groups in total. The summed E-state index contributed by atoms with van der Waals surface area (Å²) in [5, 5.41) is 12.3. The van der Waals surface area contributed by atoms with Crippen molar-refractivity contribution in [1.29, 1.82) is 0 Å². The average Bonchev–Trinajstić information content (AvgIpc) is 2.92. The topological polar surface area (TPSA) is 102 Å². The van der Waals surface area contributed by atoms with Crippen LogP contribution < -0.4 is 10.9 Å². The molecule has 0 saturated heterocycles. The van der Waals surface area contributed by atoms with E-state index in [1.165, 1.54) is 11.6 Å². The van der Waals surface area contributed by atoms with Gasteiger partial charge in [0.25, 0.3) is 0 Å². The molecule has 1 heterocycles. The van der Waals surface area contributed by atoms with E-state index in [1.807, 2.05) is 0 Å². The van der Waals surface area contributed by atoms with Crippen LogP contribution in [-0.4, -0.2) is 37.8 Å². The minimum atomic E-state index is -0.360. The van der Waals surface area contributed by atoms with Crippen molar-refractivity contribution in [3.8, 4) is 5.69 Å². The number of hydrazine groups is 1. The van der Waals surface area contributed by atoms with Gasteiger partial charge in [0.05, 0.1) is 11.4 Å². The zero-order valence-electron chi connectivity index (χ0n) is 10.9. The summed E-state index contributed by atoms with van der Waals surface area (Å²) in [5.41, 5.74) is 5.19. The number of rotatable bonds is 4. The third-order valence-electron chi connectivity index (χ3n) is 2.22. The highest BCUT2D eigenvalue weighted by molar-refractivity contribution is 7.99. The molecule has 0 radical (unpaired) electrons. The number of carbonyl (C=O) groups is 2. The first-order valence-corrected chi connectivity index (χ1v) is 7.15. The number of amides is 2. The minimum Gasteiger partial charge on any atom is -0.274 e. The van der Waals surface area contributed by atoms with Crippen LogP contribution in [0.4, 0.5) is 0 Å². The SMILES string of the molecule is CC(=O)NNC(=O)CSc1nnnn1-c1ccc(Cl)cc1. The van der Waals surface area contributed by atoms with Gasteiger partial charge in [-0.2, -0.15) is 4.68 Å². The Labute approximate surface area is 129 Å². The maximum absolute atomic E-state index is 11.5. The third kappa shape index (κ3) is 4.43. The van der Waals surface area contributed by atoms with Crippen LogP contribution in [0.1, 0.15) is 6.92 Å². The van der Waals surface area contributed by atoms with Gasteiger partial charge in [0.1, 0.15) is 0 Å². The Bertz CT molecular complexity index is 644. The molecule has 2 rings (SSSR count). The van der Waals surface area contributed by atoms with E-state index in [0.717, 1.165) is 17.4 Å². The van der Waals surface area contributed by atoms with Crippen molar-refractivity contribution >= 4 is 35.2 Å². The average molecular weight is 327 g/mol. The predicted octanol–water partition coefficient (Wildman–Crippen LogP) is 0.575. The maximum Gasteiger partial charge on any atom is 0.248 e. The second-order valence-corrected chi connectivity index (χ2v) is 5.25. The van der Waals surface area contributed by atoms with Crippen LogP contribution in [0, 0.1) is 0 Å². The monoisotopic (exact) mass is 326 g/mol. The first-order valence-electron chi connectivity index (χ1n) is 5.79. The van der Waals surface area contributed by atoms with Crippen LogP contribution in [0.5, 0.6) is 0 Å². The molecule has 2 aromatic rings. The molecule has 8 nitrogen and oxygen atoms in total. The fraction of sp³-hybridized carbons (Fsp3) is 0.182. The van der Waals surface area contributed by atoms with Gasteiger partial charge in [-0.25, -0.2) is 0 Å². The van der Waals surface area contributed by atoms with Crippen molar-refractivity contribution in [2.75, 3.05) is 5.75 Å². The lowest BCUT2D eigenvalue weighted by Gasteiger charge is -2.05. The Morgan fingerprint density at radius 1 is 1.29 bits per heavy atom. The van der Waals surface area contributed by atoms with Crippen molar-refractivity contribution in [2.24, 2.45) is 0 Å². The van der Waals surface area contributed by atoms with Crippen molar-refractivity contribution in [3.05, 3.63) is 29.3 Å². The van der Waals surface area contributed by atoms with Crippen LogP contribution in [0.2, 0.25) is 5.02 Å². The van der Waals surface area contributed by atoms with Gasteiger partial charge in [0.2, 0.25) is 17.0 Å². The van der Waals surface area contributed by atoms with Crippen molar-refractivity contribution < 1.29 is 9.59 Å². The summed E-state index contributed by atoms with van der Waals surface area (Å²) in [6.45, 7) is 1.30. The van der Waals surface area contributed by atoms with E-state index in [0.29, 0.717) is 10.2 Å². The molecule has 0 aliphatic rings. The predicted molar refractivity (Wildman–Crippen MR) is 76.8 cm³/mol. The molecule has 0 saturated carbocycles. The van der Waals surface area contributed by atoms with E-state index < -0.39 is 0 Å². The number of hydrogen-bond acceptors (Lipinski definition) is 6. The van der Waals surface area contributed by atoms with Gasteiger partial charge in [-0.3, -0.25) is 20.4 Å². The van der Waals surface area contributed by atoms with E-state index in [-0.39, 0.29) is 17.6 Å². The Kier molecular flexibility index (Phi) is 5.12. The second-order valence-electron chi connectivity index (χ2n) is 3.87. The summed E-state index contributed by atoms with van der Waals surface area (Å²) in [5.74, 6) is -0.644. The number of halogens is 1. The Hall–Kier alpha value is -2.13. The van der Waals surface area contributed by atoms with Crippen LogP contribution in [-0.2, 0) is 9.59 Å². The van der Waals surface area contributed by atoms with Crippen LogP contribution in [0.25, 0.3) is 5.69 Å². The third-order valence-corrected chi connectivity index (χ3v) is 3.39. The van der Waals surface area contributed by atoms with Gasteiger partial charge >= 0.3 is 0 Å². The van der Waals surface area contributed by atoms with E-state index in [2.05, 4.69) is 26.4 Å². The minimum absolute atomic E-state index is 0.0637. The summed E-state index contributed by atoms with van der Waals surface area (Å²) >= 11 is 6.97. The molecule has 0 atom stereocenters. The quantitative estimate of drug-likeness (QED) is 0.629. The second kappa shape index (κ2) is 7.04. The molecule has 10 heteroatoms. The van der Waals surface area contributed by atoms with E-state index in [4.69, 9.17) is 11.6 Å². The number of nitrogens with zero attached hydrogens (tertiary/aromatic N) is 4. The molecule has 1 aromatic heterocycles. The lowest BCUT2D eigenvalue weighted by atomic mass is 10.3. The van der Waals surface area contributed by atoms with E-state index in [1.54, 1.807) is 24.3 Å². The molecule has 0 fully saturated rings. The van der Waals surface area contributed by atoms with E-state index >= 15 is 0 Å². The molecule has 0 spiro atoms. The van der Waals surface area contributed by atoms with Gasteiger partial charge < -0.3 is 0 Å². The highest BCUT2D eigenvalue weighted by Gasteiger charge is 2.11. The highest BCUT2D eigenvalue weighted by atomic mass is 35.5. The number of nitrogens with one attached hydrogen (secondary N) is 2. The lowest BCUT2D eigenvalue weighted by Crippen LogP contribution is -2.41. The van der Waals surface area contributed by atoms with Gasteiger partial charge in [-0.1, -0.05) is 23.4 Å². The normalized spacial score (nSPS) is 10.2. The molecule has 110 valence electrons. The number of tetrazole rings is 1. The largest absolute Gasteiger partial charge is 0.274 e. The zero-order valence-corrected chi connectivity index (χ0v) is 12.5. The summed E-state index contributed by atoms with van der Waals surface area (Å²) in [7, 11) is 0. The van der Waals surface area contributed by atoms with Gasteiger partial charge in [-0.15, -0.1) is 5.10 Å². The number of aromatic nitrogens is 4. The lowest BCUT2D eigenvalue weighted by molar-refractivity contribution is -0.126. The van der Waals surface area contributed by atoms with Crippen molar-refractivity contribution in [1.82, 2.24) is 31.1 Å². The fourth-order valence-electron chi connectivity index (χ4n) is 1.34. The number of hydrogen-bond donors (Lipinski definition) is 2. The molecule has 21 heavy (non-hydrogen) atoms. The van der Waals surface area contributed by atoms with Crippen LogP contribution in [0.15, 0.2) is 29.4 Å². The summed E-state index contributed by atoms with van der Waals surface area (Å²) in [4.78, 5) is 22.2. The molecule has 0 unspecified atom stereocenters. The first kappa shape index (κ1) is 15.3. The summed E-state index contributed by atoms with van der Waals surface area (Å²) < 4.78 is 1.49.